The molecule has 0 spiro atoms. The molecule has 0 aromatic rings. The standard InChI is InChI=1S/C12H23N3O/c16-11-15-9-7-14(8-10-15)6-4-12-3-1-2-5-13-12/h11-13H,1-10H2. The van der Waals surface area contributed by atoms with Crippen molar-refractivity contribution in [3.05, 3.63) is 0 Å². The van der Waals surface area contributed by atoms with Gasteiger partial charge in [0, 0.05) is 32.2 Å². The maximum atomic E-state index is 10.6. The average molecular weight is 225 g/mol. The largest absolute Gasteiger partial charge is 0.343 e. The summed E-state index contributed by atoms with van der Waals surface area (Å²) in [5, 5.41) is 3.59. The molecule has 2 fully saturated rings. The molecule has 4 nitrogen and oxygen atoms in total. The highest BCUT2D eigenvalue weighted by Gasteiger charge is 2.17. The molecule has 2 aliphatic rings. The van der Waals surface area contributed by atoms with E-state index in [2.05, 4.69) is 10.2 Å². The summed E-state index contributed by atoms with van der Waals surface area (Å²) >= 11 is 0. The summed E-state index contributed by atoms with van der Waals surface area (Å²) in [4.78, 5) is 14.9. The molecule has 1 amide bonds. The van der Waals surface area contributed by atoms with Crippen molar-refractivity contribution in [1.82, 2.24) is 15.1 Å². The van der Waals surface area contributed by atoms with E-state index in [0.717, 1.165) is 38.6 Å². The SMILES string of the molecule is O=CN1CCN(CCC2CCCCN2)CC1. The minimum Gasteiger partial charge on any atom is -0.343 e. The number of piperidine rings is 1. The molecule has 2 saturated heterocycles. The molecule has 1 unspecified atom stereocenters. The van der Waals surface area contributed by atoms with E-state index >= 15 is 0 Å². The Hall–Kier alpha value is -0.610. The maximum Gasteiger partial charge on any atom is 0.209 e. The van der Waals surface area contributed by atoms with Gasteiger partial charge in [-0.1, -0.05) is 6.42 Å². The second-order valence-corrected chi connectivity index (χ2v) is 4.92. The number of rotatable bonds is 4. The molecule has 0 aromatic heterocycles. The molecule has 0 bridgehead atoms. The number of nitrogens with zero attached hydrogens (tertiary/aromatic N) is 2. The highest BCUT2D eigenvalue weighted by Crippen LogP contribution is 2.11. The third-order valence-corrected chi connectivity index (χ3v) is 3.76. The van der Waals surface area contributed by atoms with Gasteiger partial charge in [-0.15, -0.1) is 0 Å². The first-order valence-corrected chi connectivity index (χ1v) is 6.53. The minimum absolute atomic E-state index is 0.734. The van der Waals surface area contributed by atoms with Crippen LogP contribution in [-0.2, 0) is 4.79 Å². The third-order valence-electron chi connectivity index (χ3n) is 3.76. The van der Waals surface area contributed by atoms with Crippen LogP contribution in [0.1, 0.15) is 25.7 Å². The first kappa shape index (κ1) is 11.9. The summed E-state index contributed by atoms with van der Waals surface area (Å²) in [6.45, 7) is 6.29. The molecule has 2 heterocycles. The fourth-order valence-corrected chi connectivity index (χ4v) is 2.60. The molecular formula is C12H23N3O. The van der Waals surface area contributed by atoms with Crippen molar-refractivity contribution in [2.45, 2.75) is 31.7 Å². The van der Waals surface area contributed by atoms with Gasteiger partial charge < -0.3 is 10.2 Å². The number of hydrogen-bond acceptors (Lipinski definition) is 3. The summed E-state index contributed by atoms with van der Waals surface area (Å²) in [5.74, 6) is 0. The highest BCUT2D eigenvalue weighted by molar-refractivity contribution is 5.47. The molecule has 2 aliphatic heterocycles. The van der Waals surface area contributed by atoms with Crippen molar-refractivity contribution >= 4 is 6.41 Å². The molecule has 1 atom stereocenters. The Balaban J connectivity index is 1.61. The summed E-state index contributed by atoms with van der Waals surface area (Å²) in [6.07, 6.45) is 6.31. The fourth-order valence-electron chi connectivity index (χ4n) is 2.60. The van der Waals surface area contributed by atoms with E-state index < -0.39 is 0 Å². The predicted molar refractivity (Wildman–Crippen MR) is 64.3 cm³/mol. The van der Waals surface area contributed by atoms with Gasteiger partial charge in [-0.05, 0) is 32.4 Å². The van der Waals surface area contributed by atoms with E-state index in [1.165, 1.54) is 38.8 Å². The first-order valence-electron chi connectivity index (χ1n) is 6.53. The van der Waals surface area contributed by atoms with Crippen LogP contribution >= 0.6 is 0 Å². The second kappa shape index (κ2) is 6.21. The second-order valence-electron chi connectivity index (χ2n) is 4.92. The Kier molecular flexibility index (Phi) is 4.60. The summed E-state index contributed by atoms with van der Waals surface area (Å²) in [6, 6.07) is 0.734. The molecule has 2 rings (SSSR count). The van der Waals surface area contributed by atoms with E-state index in [1.54, 1.807) is 0 Å². The normalized spacial score (nSPS) is 28.0. The number of carbonyl (C=O) groups is 1. The third kappa shape index (κ3) is 3.46. The molecular weight excluding hydrogens is 202 g/mol. The van der Waals surface area contributed by atoms with Crippen LogP contribution in [0.2, 0.25) is 0 Å². The molecule has 0 saturated carbocycles. The zero-order valence-electron chi connectivity index (χ0n) is 10.0. The van der Waals surface area contributed by atoms with E-state index in [9.17, 15) is 4.79 Å². The lowest BCUT2D eigenvalue weighted by atomic mass is 10.0. The minimum atomic E-state index is 0.734. The van der Waals surface area contributed by atoms with Crippen LogP contribution < -0.4 is 5.32 Å². The monoisotopic (exact) mass is 225 g/mol. The van der Waals surface area contributed by atoms with Crippen molar-refractivity contribution in [3.8, 4) is 0 Å². The summed E-state index contributed by atoms with van der Waals surface area (Å²) in [7, 11) is 0. The molecule has 4 heteroatoms. The maximum absolute atomic E-state index is 10.6. The number of hydrogen-bond donors (Lipinski definition) is 1. The Labute approximate surface area is 98.0 Å². The Morgan fingerprint density at radius 2 is 2.00 bits per heavy atom. The van der Waals surface area contributed by atoms with Crippen LogP contribution in [0, 0.1) is 0 Å². The van der Waals surface area contributed by atoms with E-state index in [1.807, 2.05) is 4.90 Å². The van der Waals surface area contributed by atoms with Crippen molar-refractivity contribution < 1.29 is 4.79 Å². The first-order chi connectivity index (χ1) is 7.88. The van der Waals surface area contributed by atoms with Crippen molar-refractivity contribution in [1.29, 1.82) is 0 Å². The zero-order chi connectivity index (χ0) is 11.2. The van der Waals surface area contributed by atoms with Gasteiger partial charge in [-0.3, -0.25) is 9.69 Å². The number of nitrogens with one attached hydrogen (secondary N) is 1. The molecule has 0 aromatic carbocycles. The van der Waals surface area contributed by atoms with Crippen molar-refractivity contribution in [2.24, 2.45) is 0 Å². The molecule has 0 aliphatic carbocycles. The lowest BCUT2D eigenvalue weighted by molar-refractivity contribution is -0.119. The number of piperazine rings is 1. The van der Waals surface area contributed by atoms with Gasteiger partial charge in [0.1, 0.15) is 0 Å². The fraction of sp³-hybridized carbons (Fsp3) is 0.917. The smallest absolute Gasteiger partial charge is 0.209 e. The molecule has 16 heavy (non-hydrogen) atoms. The average Bonchev–Trinajstić information content (AvgIpc) is 2.38. The van der Waals surface area contributed by atoms with Gasteiger partial charge in [0.05, 0.1) is 0 Å². The van der Waals surface area contributed by atoms with Crippen LogP contribution in [0.5, 0.6) is 0 Å². The summed E-state index contributed by atoms with van der Waals surface area (Å²) < 4.78 is 0. The van der Waals surface area contributed by atoms with Gasteiger partial charge in [-0.2, -0.15) is 0 Å². The lowest BCUT2D eigenvalue weighted by Crippen LogP contribution is -2.47. The predicted octanol–water partition coefficient (Wildman–Crippen LogP) is 0.293. The number of amides is 1. The van der Waals surface area contributed by atoms with Gasteiger partial charge in [-0.25, -0.2) is 0 Å². The van der Waals surface area contributed by atoms with Gasteiger partial charge in [0.25, 0.3) is 0 Å². The van der Waals surface area contributed by atoms with Gasteiger partial charge in [0.2, 0.25) is 6.41 Å². The molecule has 1 N–H and O–H groups in total. The molecule has 0 radical (unpaired) electrons. The number of carbonyl (C=O) groups excluding carboxylic acids is 1. The molecule has 92 valence electrons. The lowest BCUT2D eigenvalue weighted by Gasteiger charge is -2.34. The van der Waals surface area contributed by atoms with E-state index in [0.29, 0.717) is 0 Å². The highest BCUT2D eigenvalue weighted by atomic mass is 16.1. The summed E-state index contributed by atoms with van der Waals surface area (Å²) in [5.41, 5.74) is 0. The van der Waals surface area contributed by atoms with E-state index in [-0.39, 0.29) is 0 Å². The van der Waals surface area contributed by atoms with Crippen LogP contribution in [0.25, 0.3) is 0 Å². The Bertz CT molecular complexity index is 208. The quantitative estimate of drug-likeness (QED) is 0.699. The van der Waals surface area contributed by atoms with Crippen LogP contribution in [0.4, 0.5) is 0 Å². The van der Waals surface area contributed by atoms with Crippen LogP contribution in [0.15, 0.2) is 0 Å². The Morgan fingerprint density at radius 1 is 1.19 bits per heavy atom. The van der Waals surface area contributed by atoms with Crippen LogP contribution in [0.3, 0.4) is 0 Å². The van der Waals surface area contributed by atoms with Crippen molar-refractivity contribution in [3.63, 3.8) is 0 Å². The Morgan fingerprint density at radius 3 is 2.62 bits per heavy atom. The van der Waals surface area contributed by atoms with Crippen LogP contribution in [-0.4, -0.2) is 61.5 Å². The van der Waals surface area contributed by atoms with Crippen molar-refractivity contribution in [2.75, 3.05) is 39.3 Å². The topological polar surface area (TPSA) is 35.6 Å². The van der Waals surface area contributed by atoms with Gasteiger partial charge in [0.15, 0.2) is 0 Å². The zero-order valence-corrected chi connectivity index (χ0v) is 10.0. The van der Waals surface area contributed by atoms with Gasteiger partial charge >= 0.3 is 0 Å². The van der Waals surface area contributed by atoms with E-state index in [4.69, 9.17) is 0 Å².